The van der Waals surface area contributed by atoms with Gasteiger partial charge in [-0.05, 0) is 25.7 Å². The van der Waals surface area contributed by atoms with Gasteiger partial charge in [-0.15, -0.1) is 0 Å². The molecule has 2 rings (SSSR count). The summed E-state index contributed by atoms with van der Waals surface area (Å²) in [4.78, 5) is 20.8. The minimum atomic E-state index is -2.07. The first-order chi connectivity index (χ1) is 10.4. The maximum Gasteiger partial charge on any atom is 0.472 e. The van der Waals surface area contributed by atoms with Gasteiger partial charge in [0.25, 0.3) is 0 Å². The number of azo groups is 1. The van der Waals surface area contributed by atoms with Crippen molar-refractivity contribution in [1.82, 2.24) is 0 Å². The SMILES string of the molecule is O=[N+]([O-])C1(/[N+]([O-])=[N+](\[O-])C2([N+](=O)[O-])CCCCC2)CCCCC1. The van der Waals surface area contributed by atoms with Crippen molar-refractivity contribution < 1.29 is 19.6 Å². The predicted molar refractivity (Wildman–Crippen MR) is 72.9 cm³/mol. The molecule has 0 N–H and O–H groups in total. The average molecular weight is 316 g/mol. The van der Waals surface area contributed by atoms with Crippen molar-refractivity contribution in [1.29, 1.82) is 0 Å². The Kier molecular flexibility index (Phi) is 4.47. The minimum Gasteiger partial charge on any atom is -0.561 e. The zero-order valence-corrected chi connectivity index (χ0v) is 12.3. The third-order valence-corrected chi connectivity index (χ3v) is 4.87. The fourth-order valence-electron chi connectivity index (χ4n) is 3.46. The number of nitrogens with zero attached hydrogens (tertiary/aromatic N) is 4. The fourth-order valence-corrected chi connectivity index (χ4v) is 3.46. The molecule has 22 heavy (non-hydrogen) atoms. The smallest absolute Gasteiger partial charge is 0.472 e. The zero-order valence-electron chi connectivity index (χ0n) is 12.3. The number of nitro groups is 2. The van der Waals surface area contributed by atoms with Gasteiger partial charge >= 0.3 is 11.3 Å². The molecule has 0 aromatic heterocycles. The second-order valence-corrected chi connectivity index (χ2v) is 6.15. The first kappa shape index (κ1) is 16.4. The highest BCUT2D eigenvalue weighted by Crippen LogP contribution is 2.36. The molecule has 0 heterocycles. The molecule has 10 nitrogen and oxygen atoms in total. The van der Waals surface area contributed by atoms with Gasteiger partial charge in [-0.2, -0.15) is 0 Å². The van der Waals surface area contributed by atoms with Gasteiger partial charge in [-0.1, -0.05) is 12.8 Å². The lowest BCUT2D eigenvalue weighted by atomic mass is 9.89. The molecule has 0 aromatic carbocycles. The van der Waals surface area contributed by atoms with Gasteiger partial charge in [0, 0.05) is 0 Å². The van der Waals surface area contributed by atoms with Crippen molar-refractivity contribution in [3.05, 3.63) is 30.6 Å². The van der Waals surface area contributed by atoms with Crippen LogP contribution in [0.25, 0.3) is 0 Å². The molecule has 2 fully saturated rings. The number of hydrogen-bond donors (Lipinski definition) is 0. The van der Waals surface area contributed by atoms with E-state index in [9.17, 15) is 30.6 Å². The Morgan fingerprint density at radius 1 is 0.545 bits per heavy atom. The molecule has 2 aliphatic carbocycles. The second kappa shape index (κ2) is 6.01. The van der Waals surface area contributed by atoms with E-state index in [0.717, 1.165) is 12.8 Å². The lowest BCUT2D eigenvalue weighted by molar-refractivity contribution is -1.11. The van der Waals surface area contributed by atoms with Crippen LogP contribution in [0.3, 0.4) is 0 Å². The molecule has 0 aliphatic heterocycles. The van der Waals surface area contributed by atoms with Gasteiger partial charge in [0.2, 0.25) is 0 Å². The molecule has 0 spiro atoms. The van der Waals surface area contributed by atoms with Gasteiger partial charge < -0.3 is 10.4 Å². The molecule has 0 unspecified atom stereocenters. The topological polar surface area (TPSA) is 138 Å². The molecule has 0 atom stereocenters. The Labute approximate surface area is 126 Å². The summed E-state index contributed by atoms with van der Waals surface area (Å²) in [6.07, 6.45) is 3.10. The van der Waals surface area contributed by atoms with Crippen LogP contribution in [0, 0.1) is 30.6 Å². The fraction of sp³-hybridized carbons (Fsp3) is 1.00. The van der Waals surface area contributed by atoms with Crippen molar-refractivity contribution in [2.75, 3.05) is 0 Å². The minimum absolute atomic E-state index is 0.0595. The van der Waals surface area contributed by atoms with Crippen LogP contribution in [0.4, 0.5) is 0 Å². The molecule has 0 radical (unpaired) electrons. The maximum atomic E-state index is 12.5. The highest BCUT2D eigenvalue weighted by Gasteiger charge is 2.64. The maximum absolute atomic E-state index is 12.5. The van der Waals surface area contributed by atoms with Gasteiger partial charge in [0.05, 0.1) is 25.7 Å². The number of hydrogen-bond acceptors (Lipinski definition) is 6. The lowest BCUT2D eigenvalue weighted by Gasteiger charge is -2.27. The van der Waals surface area contributed by atoms with Gasteiger partial charge in [-0.3, -0.25) is 20.2 Å². The Hall–Kier alpha value is -2.00. The molecule has 0 amide bonds. The normalized spacial score (nSPS) is 25.1. The van der Waals surface area contributed by atoms with E-state index < -0.39 is 21.2 Å². The van der Waals surface area contributed by atoms with E-state index in [1.54, 1.807) is 0 Å². The van der Waals surface area contributed by atoms with Crippen molar-refractivity contribution in [3.8, 4) is 0 Å². The molecule has 10 heteroatoms. The Balaban J connectivity index is 2.48. The number of rotatable bonds is 4. The third-order valence-electron chi connectivity index (χ3n) is 4.87. The average Bonchev–Trinajstić information content (AvgIpc) is 2.54. The largest absolute Gasteiger partial charge is 0.561 e. The summed E-state index contributed by atoms with van der Waals surface area (Å²) in [6.45, 7) is 0. The van der Waals surface area contributed by atoms with Crippen LogP contribution >= 0.6 is 0 Å². The summed E-state index contributed by atoms with van der Waals surface area (Å²) in [7, 11) is 0. The van der Waals surface area contributed by atoms with Crippen LogP contribution < -0.4 is 0 Å². The first-order valence-electron chi connectivity index (χ1n) is 7.60. The molecule has 124 valence electrons. The van der Waals surface area contributed by atoms with E-state index in [1.165, 1.54) is 0 Å². The van der Waals surface area contributed by atoms with Crippen LogP contribution in [-0.4, -0.2) is 30.9 Å². The van der Waals surface area contributed by atoms with Crippen LogP contribution in [0.5, 0.6) is 0 Å². The van der Waals surface area contributed by atoms with Crippen molar-refractivity contribution >= 4 is 0 Å². The van der Waals surface area contributed by atoms with E-state index >= 15 is 0 Å². The van der Waals surface area contributed by atoms with Crippen LogP contribution in [0.2, 0.25) is 0 Å². The summed E-state index contributed by atoms with van der Waals surface area (Å²) >= 11 is 0. The third kappa shape index (κ3) is 2.46. The highest BCUT2D eigenvalue weighted by atomic mass is 16.7. The highest BCUT2D eigenvalue weighted by molar-refractivity contribution is 4.74. The monoisotopic (exact) mass is 316 g/mol. The number of hydroxylamine groups is 2. The van der Waals surface area contributed by atoms with Gasteiger partial charge in [0.15, 0.2) is 0 Å². The molecule has 0 saturated heterocycles. The van der Waals surface area contributed by atoms with Gasteiger partial charge in [-0.25, -0.2) is 0 Å². The predicted octanol–water partition coefficient (Wildman–Crippen LogP) is 2.33. The summed E-state index contributed by atoms with van der Waals surface area (Å²) in [6, 6.07) is 0. The van der Waals surface area contributed by atoms with E-state index in [-0.39, 0.29) is 35.4 Å². The molecular weight excluding hydrogens is 296 g/mol. The zero-order chi connectivity index (χ0) is 16.4. The molecule has 2 saturated carbocycles. The Morgan fingerprint density at radius 2 is 0.818 bits per heavy atom. The summed E-state index contributed by atoms with van der Waals surface area (Å²) < 4.78 is 0. The van der Waals surface area contributed by atoms with E-state index in [2.05, 4.69) is 0 Å². The summed E-state index contributed by atoms with van der Waals surface area (Å²) in [5.74, 6) is 0. The van der Waals surface area contributed by atoms with Crippen molar-refractivity contribution in [2.45, 2.75) is 75.5 Å². The van der Waals surface area contributed by atoms with Crippen LogP contribution in [0.15, 0.2) is 0 Å². The van der Waals surface area contributed by atoms with E-state index in [4.69, 9.17) is 0 Å². The van der Waals surface area contributed by atoms with E-state index in [1.807, 2.05) is 0 Å². The molecule has 2 aliphatic rings. The van der Waals surface area contributed by atoms with Crippen LogP contribution in [0.1, 0.15) is 64.2 Å². The summed E-state index contributed by atoms with van der Waals surface area (Å²) in [5.41, 5.74) is -4.14. The first-order valence-corrected chi connectivity index (χ1v) is 7.60. The summed E-state index contributed by atoms with van der Waals surface area (Å²) in [5, 5.41) is 47.7. The Bertz CT molecular complexity index is 450. The molecule has 0 bridgehead atoms. The second-order valence-electron chi connectivity index (χ2n) is 6.15. The van der Waals surface area contributed by atoms with Crippen molar-refractivity contribution in [3.63, 3.8) is 0 Å². The van der Waals surface area contributed by atoms with Crippen molar-refractivity contribution in [2.24, 2.45) is 0 Å². The Morgan fingerprint density at radius 3 is 1.05 bits per heavy atom. The van der Waals surface area contributed by atoms with Crippen LogP contribution in [-0.2, 0) is 0 Å². The van der Waals surface area contributed by atoms with Gasteiger partial charge in [0.1, 0.15) is 19.6 Å². The lowest BCUT2D eigenvalue weighted by Crippen LogP contribution is -2.58. The quantitative estimate of drug-likeness (QED) is 0.256. The standard InChI is InChI=1S/C12H20N4O6/c17-13(11(15(19)20)7-3-1-4-8-11)14(18)12(16(21)22)9-5-2-6-10-12/h1-10H2/b14-13+. The molecular formula is C12H20N4O6. The molecule has 0 aromatic rings. The van der Waals surface area contributed by atoms with E-state index in [0.29, 0.717) is 25.7 Å².